The van der Waals surface area contributed by atoms with Crippen LogP contribution in [-0.4, -0.2) is 34.9 Å². The number of aryl methyl sites for hydroxylation is 1. The standard InChI is InChI=1S/C20H22N2O5/c23-17(11-21-20(26)27-12-13-4-2-1-3-5-13)19(25)15-6-8-16-14(10-15)7-9-18(24)22-16/h1-6,8,10,17,19,23,25H,7,9,11-12H2,(H,21,26)(H,22,24). The zero-order valence-electron chi connectivity index (χ0n) is 14.7. The molecule has 1 heterocycles. The van der Waals surface area contributed by atoms with Crippen LogP contribution >= 0.6 is 0 Å². The second kappa shape index (κ2) is 8.66. The third kappa shape index (κ3) is 5.06. The Balaban J connectivity index is 1.49. The second-order valence-electron chi connectivity index (χ2n) is 6.42. The summed E-state index contributed by atoms with van der Waals surface area (Å²) < 4.78 is 5.07. The van der Waals surface area contributed by atoms with Gasteiger partial charge in [0.1, 0.15) is 18.8 Å². The molecule has 1 aliphatic heterocycles. The minimum Gasteiger partial charge on any atom is -0.445 e. The molecule has 0 saturated carbocycles. The summed E-state index contributed by atoms with van der Waals surface area (Å²) in [6.07, 6.45) is -2.04. The number of benzene rings is 2. The molecule has 2 aromatic rings. The molecule has 1 aliphatic rings. The first kappa shape index (κ1) is 18.9. The normalized spacial score (nSPS) is 15.3. The summed E-state index contributed by atoms with van der Waals surface area (Å²) in [4.78, 5) is 23.1. The second-order valence-corrected chi connectivity index (χ2v) is 6.42. The Bertz CT molecular complexity index is 809. The molecule has 2 aromatic carbocycles. The Labute approximate surface area is 157 Å². The van der Waals surface area contributed by atoms with E-state index in [0.29, 0.717) is 18.4 Å². The molecule has 4 N–H and O–H groups in total. The van der Waals surface area contributed by atoms with E-state index in [2.05, 4.69) is 10.6 Å². The van der Waals surface area contributed by atoms with Crippen molar-refractivity contribution in [3.63, 3.8) is 0 Å². The van der Waals surface area contributed by atoms with Gasteiger partial charge in [0.25, 0.3) is 0 Å². The fraction of sp³-hybridized carbons (Fsp3) is 0.300. The number of nitrogens with one attached hydrogen (secondary N) is 2. The largest absolute Gasteiger partial charge is 0.445 e. The molecule has 0 aliphatic carbocycles. The minimum atomic E-state index is -1.19. The lowest BCUT2D eigenvalue weighted by Gasteiger charge is -2.22. The highest BCUT2D eigenvalue weighted by atomic mass is 16.5. The van der Waals surface area contributed by atoms with Crippen LogP contribution in [0.25, 0.3) is 0 Å². The Hall–Kier alpha value is -2.90. The van der Waals surface area contributed by atoms with Gasteiger partial charge in [0, 0.05) is 18.7 Å². The van der Waals surface area contributed by atoms with Crippen LogP contribution < -0.4 is 10.6 Å². The van der Waals surface area contributed by atoms with E-state index in [9.17, 15) is 19.8 Å². The van der Waals surface area contributed by atoms with Gasteiger partial charge in [-0.25, -0.2) is 4.79 Å². The van der Waals surface area contributed by atoms with Crippen LogP contribution in [0.5, 0.6) is 0 Å². The molecule has 7 nitrogen and oxygen atoms in total. The van der Waals surface area contributed by atoms with Gasteiger partial charge >= 0.3 is 6.09 Å². The third-order valence-electron chi connectivity index (χ3n) is 4.40. The fourth-order valence-electron chi connectivity index (χ4n) is 2.88. The third-order valence-corrected chi connectivity index (χ3v) is 4.40. The molecular weight excluding hydrogens is 348 g/mol. The van der Waals surface area contributed by atoms with Crippen LogP contribution in [0.4, 0.5) is 10.5 Å². The van der Waals surface area contributed by atoms with Crippen LogP contribution in [0.15, 0.2) is 48.5 Å². The Kier molecular flexibility index (Phi) is 6.05. The number of aliphatic hydroxyl groups is 2. The van der Waals surface area contributed by atoms with Gasteiger partial charge in [0.15, 0.2) is 0 Å². The minimum absolute atomic E-state index is 0.0333. The number of carbonyl (C=O) groups is 2. The topological polar surface area (TPSA) is 108 Å². The first-order valence-electron chi connectivity index (χ1n) is 8.76. The van der Waals surface area contributed by atoms with Crippen molar-refractivity contribution in [2.75, 3.05) is 11.9 Å². The van der Waals surface area contributed by atoms with Crippen LogP contribution in [-0.2, 0) is 22.6 Å². The quantitative estimate of drug-likeness (QED) is 0.621. The van der Waals surface area contributed by atoms with Crippen molar-refractivity contribution in [3.8, 4) is 0 Å². The summed E-state index contributed by atoms with van der Waals surface area (Å²) in [6, 6.07) is 14.4. The number of amides is 2. The van der Waals surface area contributed by atoms with Gasteiger partial charge in [-0.3, -0.25) is 4.79 Å². The number of aliphatic hydroxyl groups excluding tert-OH is 2. The van der Waals surface area contributed by atoms with Gasteiger partial charge in [-0.15, -0.1) is 0 Å². The van der Waals surface area contributed by atoms with Crippen LogP contribution in [0, 0.1) is 0 Å². The van der Waals surface area contributed by atoms with Crippen molar-refractivity contribution in [2.24, 2.45) is 0 Å². The number of hydrogen-bond donors (Lipinski definition) is 4. The van der Waals surface area contributed by atoms with E-state index in [0.717, 1.165) is 16.8 Å². The molecule has 2 unspecified atom stereocenters. The number of anilines is 1. The van der Waals surface area contributed by atoms with Crippen molar-refractivity contribution in [1.82, 2.24) is 5.32 Å². The molecule has 27 heavy (non-hydrogen) atoms. The van der Waals surface area contributed by atoms with Crippen molar-refractivity contribution in [3.05, 3.63) is 65.2 Å². The van der Waals surface area contributed by atoms with Crippen molar-refractivity contribution in [2.45, 2.75) is 31.7 Å². The summed E-state index contributed by atoms with van der Waals surface area (Å²) in [7, 11) is 0. The van der Waals surface area contributed by atoms with Gasteiger partial charge in [0.05, 0.1) is 0 Å². The van der Waals surface area contributed by atoms with Gasteiger partial charge in [-0.05, 0) is 29.2 Å². The number of fused-ring (bicyclic) bond motifs is 1. The Morgan fingerprint density at radius 2 is 1.93 bits per heavy atom. The number of rotatable bonds is 6. The van der Waals surface area contributed by atoms with Crippen molar-refractivity contribution in [1.29, 1.82) is 0 Å². The fourth-order valence-corrected chi connectivity index (χ4v) is 2.88. The summed E-state index contributed by atoms with van der Waals surface area (Å²) in [5.41, 5.74) is 3.01. The lowest BCUT2D eigenvalue weighted by molar-refractivity contribution is -0.116. The summed E-state index contributed by atoms with van der Waals surface area (Å²) in [5.74, 6) is -0.0333. The van der Waals surface area contributed by atoms with E-state index in [4.69, 9.17) is 4.74 Å². The van der Waals surface area contributed by atoms with E-state index >= 15 is 0 Å². The highest BCUT2D eigenvalue weighted by molar-refractivity contribution is 5.93. The summed E-state index contributed by atoms with van der Waals surface area (Å²) in [6.45, 7) is -0.0233. The number of ether oxygens (including phenoxy) is 1. The number of hydrogen-bond acceptors (Lipinski definition) is 5. The van der Waals surface area contributed by atoms with Crippen LogP contribution in [0.3, 0.4) is 0 Å². The van der Waals surface area contributed by atoms with E-state index in [1.165, 1.54) is 0 Å². The van der Waals surface area contributed by atoms with Gasteiger partial charge in [-0.2, -0.15) is 0 Å². The first-order chi connectivity index (χ1) is 13.0. The molecule has 0 radical (unpaired) electrons. The van der Waals surface area contributed by atoms with Crippen LogP contribution in [0.1, 0.15) is 29.2 Å². The highest BCUT2D eigenvalue weighted by Gasteiger charge is 2.22. The molecular formula is C20H22N2O5. The van der Waals surface area contributed by atoms with E-state index in [1.54, 1.807) is 18.2 Å². The average molecular weight is 370 g/mol. The summed E-state index contributed by atoms with van der Waals surface area (Å²) >= 11 is 0. The molecule has 2 amide bonds. The molecule has 0 fully saturated rings. The monoisotopic (exact) mass is 370 g/mol. The zero-order valence-corrected chi connectivity index (χ0v) is 14.7. The Morgan fingerprint density at radius 3 is 2.70 bits per heavy atom. The summed E-state index contributed by atoms with van der Waals surface area (Å²) in [5, 5.41) is 25.7. The maximum atomic E-state index is 11.7. The molecule has 0 spiro atoms. The maximum Gasteiger partial charge on any atom is 0.407 e. The van der Waals surface area contributed by atoms with E-state index in [-0.39, 0.29) is 19.1 Å². The SMILES string of the molecule is O=C1CCc2cc(C(O)C(O)CNC(=O)OCc3ccccc3)ccc2N1. The molecule has 7 heteroatoms. The lowest BCUT2D eigenvalue weighted by Crippen LogP contribution is -2.35. The first-order valence-corrected chi connectivity index (χ1v) is 8.76. The molecule has 0 saturated heterocycles. The van der Waals surface area contributed by atoms with E-state index < -0.39 is 18.3 Å². The predicted octanol–water partition coefficient (Wildman–Crippen LogP) is 1.89. The van der Waals surface area contributed by atoms with Gasteiger partial charge in [-0.1, -0.05) is 42.5 Å². The smallest absolute Gasteiger partial charge is 0.407 e. The molecule has 142 valence electrons. The van der Waals surface area contributed by atoms with Crippen molar-refractivity contribution >= 4 is 17.7 Å². The predicted molar refractivity (Wildman–Crippen MR) is 99.0 cm³/mol. The maximum absolute atomic E-state index is 11.7. The highest BCUT2D eigenvalue weighted by Crippen LogP contribution is 2.27. The molecule has 2 atom stereocenters. The molecule has 0 bridgehead atoms. The lowest BCUT2D eigenvalue weighted by atomic mass is 9.96. The van der Waals surface area contributed by atoms with Gasteiger partial charge < -0.3 is 25.6 Å². The number of alkyl carbamates (subject to hydrolysis) is 1. The van der Waals surface area contributed by atoms with Gasteiger partial charge in [0.2, 0.25) is 5.91 Å². The Morgan fingerprint density at radius 1 is 1.15 bits per heavy atom. The molecule has 3 rings (SSSR count). The van der Waals surface area contributed by atoms with Crippen LogP contribution in [0.2, 0.25) is 0 Å². The van der Waals surface area contributed by atoms with E-state index in [1.807, 2.05) is 30.3 Å². The zero-order chi connectivity index (χ0) is 19.2. The molecule has 0 aromatic heterocycles. The average Bonchev–Trinajstić information content (AvgIpc) is 2.70. The van der Waals surface area contributed by atoms with Crippen molar-refractivity contribution < 1.29 is 24.5 Å². The number of carbonyl (C=O) groups excluding carboxylic acids is 2.